The minimum atomic E-state index is -4.38. The highest BCUT2D eigenvalue weighted by atomic mass is 35.5. The fourth-order valence-corrected chi connectivity index (χ4v) is 2.69. The van der Waals surface area contributed by atoms with E-state index in [-0.39, 0.29) is 0 Å². The van der Waals surface area contributed by atoms with Crippen LogP contribution in [0.4, 0.5) is 35.0 Å². The molecule has 9 heteroatoms. The van der Waals surface area contributed by atoms with E-state index in [9.17, 15) is 18.0 Å². The number of hydrogen-bond acceptors (Lipinski definition) is 3. The lowest BCUT2D eigenvalue weighted by Crippen LogP contribution is -2.19. The number of carbonyl (C=O) groups excluding carboxylic acids is 1. The SMILES string of the molecule is CC(=NNc1ccc(C(F)(F)F)cc1)c1ccc(NC(=O)Nc2ccc(Cl)cc2)cc1. The van der Waals surface area contributed by atoms with Crippen LogP contribution in [0, 0.1) is 0 Å². The first-order chi connectivity index (χ1) is 14.7. The largest absolute Gasteiger partial charge is 0.416 e. The second-order valence-corrected chi connectivity index (χ2v) is 6.98. The average Bonchev–Trinajstić information content (AvgIpc) is 2.74. The topological polar surface area (TPSA) is 65.5 Å². The molecule has 3 rings (SSSR count). The molecule has 5 nitrogen and oxygen atoms in total. The molecule has 0 aliphatic heterocycles. The Balaban J connectivity index is 1.57. The van der Waals surface area contributed by atoms with Gasteiger partial charge in [-0.2, -0.15) is 18.3 Å². The van der Waals surface area contributed by atoms with E-state index in [1.165, 1.54) is 12.1 Å². The van der Waals surface area contributed by atoms with Gasteiger partial charge in [0.05, 0.1) is 17.0 Å². The highest BCUT2D eigenvalue weighted by Crippen LogP contribution is 2.29. The third-order valence-electron chi connectivity index (χ3n) is 4.23. The zero-order valence-electron chi connectivity index (χ0n) is 16.3. The summed E-state index contributed by atoms with van der Waals surface area (Å²) in [4.78, 5) is 12.1. The van der Waals surface area contributed by atoms with Crippen LogP contribution in [0.25, 0.3) is 0 Å². The Hall–Kier alpha value is -3.52. The Kier molecular flexibility index (Phi) is 6.81. The summed E-state index contributed by atoms with van der Waals surface area (Å²) in [7, 11) is 0. The maximum Gasteiger partial charge on any atom is 0.416 e. The summed E-state index contributed by atoms with van der Waals surface area (Å²) >= 11 is 5.81. The average molecular weight is 447 g/mol. The van der Waals surface area contributed by atoms with Crippen molar-refractivity contribution in [2.45, 2.75) is 13.1 Å². The van der Waals surface area contributed by atoms with E-state index in [0.29, 0.717) is 27.8 Å². The van der Waals surface area contributed by atoms with Gasteiger partial charge in [-0.25, -0.2) is 4.79 Å². The van der Waals surface area contributed by atoms with Crippen LogP contribution >= 0.6 is 11.6 Å². The summed E-state index contributed by atoms with van der Waals surface area (Å²) in [5, 5.41) is 10.2. The third kappa shape index (κ3) is 6.48. The Morgan fingerprint density at radius 3 is 1.81 bits per heavy atom. The number of alkyl halides is 3. The fraction of sp³-hybridized carbons (Fsp3) is 0.0909. The van der Waals surface area contributed by atoms with Crippen molar-refractivity contribution >= 4 is 40.4 Å². The molecule has 0 heterocycles. The van der Waals surface area contributed by atoms with E-state index in [1.807, 2.05) is 0 Å². The van der Waals surface area contributed by atoms with Crippen molar-refractivity contribution in [1.29, 1.82) is 0 Å². The van der Waals surface area contributed by atoms with E-state index in [0.717, 1.165) is 17.7 Å². The van der Waals surface area contributed by atoms with Crippen molar-refractivity contribution in [3.05, 3.63) is 88.9 Å². The first kappa shape index (κ1) is 22.2. The van der Waals surface area contributed by atoms with Crippen LogP contribution in [-0.2, 0) is 6.18 Å². The van der Waals surface area contributed by atoms with Gasteiger partial charge in [-0.3, -0.25) is 5.43 Å². The number of rotatable bonds is 5. The smallest absolute Gasteiger partial charge is 0.308 e. The van der Waals surface area contributed by atoms with E-state index >= 15 is 0 Å². The molecule has 3 N–H and O–H groups in total. The predicted molar refractivity (Wildman–Crippen MR) is 118 cm³/mol. The zero-order valence-corrected chi connectivity index (χ0v) is 17.1. The van der Waals surface area contributed by atoms with Gasteiger partial charge in [0.15, 0.2) is 0 Å². The highest BCUT2D eigenvalue weighted by molar-refractivity contribution is 6.30. The minimum Gasteiger partial charge on any atom is -0.308 e. The molecule has 160 valence electrons. The van der Waals surface area contributed by atoms with Crippen molar-refractivity contribution in [2.24, 2.45) is 5.10 Å². The molecule has 0 bridgehead atoms. The predicted octanol–water partition coefficient (Wildman–Crippen LogP) is 6.84. The molecule has 0 saturated heterocycles. The maximum atomic E-state index is 12.6. The summed E-state index contributed by atoms with van der Waals surface area (Å²) in [6, 6.07) is 17.9. The molecule has 0 unspecified atom stereocenters. The van der Waals surface area contributed by atoms with Crippen LogP contribution in [0.5, 0.6) is 0 Å². The summed E-state index contributed by atoms with van der Waals surface area (Å²) in [5.74, 6) is 0. The maximum absolute atomic E-state index is 12.6. The Morgan fingerprint density at radius 1 is 0.806 bits per heavy atom. The lowest BCUT2D eigenvalue weighted by molar-refractivity contribution is -0.137. The first-order valence-corrected chi connectivity index (χ1v) is 9.50. The standard InChI is InChI=1S/C22H18ClF3N4O/c1-14(29-30-20-10-4-16(5-11-20)22(24,25)26)15-2-8-18(9-3-15)27-21(31)28-19-12-6-17(23)7-13-19/h2-13,30H,1H3,(H2,27,28,31). The van der Waals surface area contributed by atoms with E-state index in [1.54, 1.807) is 55.5 Å². The number of hydrogen-bond donors (Lipinski definition) is 3. The molecular formula is C22H18ClF3N4O. The van der Waals surface area contributed by atoms with Gasteiger partial charge in [0, 0.05) is 16.4 Å². The van der Waals surface area contributed by atoms with Gasteiger partial charge in [-0.05, 0) is 73.2 Å². The van der Waals surface area contributed by atoms with Crippen LogP contribution in [-0.4, -0.2) is 11.7 Å². The quantitative estimate of drug-likeness (QED) is 0.297. The van der Waals surface area contributed by atoms with Crippen molar-refractivity contribution in [2.75, 3.05) is 16.1 Å². The van der Waals surface area contributed by atoms with Gasteiger partial charge in [0.2, 0.25) is 0 Å². The number of halogens is 4. The van der Waals surface area contributed by atoms with Crippen molar-refractivity contribution in [3.8, 4) is 0 Å². The minimum absolute atomic E-state index is 0.399. The van der Waals surface area contributed by atoms with Gasteiger partial charge in [0.25, 0.3) is 0 Å². The summed E-state index contributed by atoms with van der Waals surface area (Å²) < 4.78 is 37.8. The second kappa shape index (κ2) is 9.53. The molecule has 0 atom stereocenters. The van der Waals surface area contributed by atoms with Gasteiger partial charge < -0.3 is 10.6 Å². The van der Waals surface area contributed by atoms with Gasteiger partial charge in [-0.1, -0.05) is 23.7 Å². The molecule has 0 aliphatic carbocycles. The molecular weight excluding hydrogens is 429 g/mol. The molecule has 3 aromatic carbocycles. The number of anilines is 3. The van der Waals surface area contributed by atoms with Crippen LogP contribution in [0.15, 0.2) is 77.9 Å². The Labute approximate surface area is 181 Å². The third-order valence-corrected chi connectivity index (χ3v) is 4.48. The van der Waals surface area contributed by atoms with Gasteiger partial charge in [0.1, 0.15) is 0 Å². The molecule has 2 amide bonds. The summed E-state index contributed by atoms with van der Waals surface area (Å²) in [5.41, 5.74) is 5.04. The van der Waals surface area contributed by atoms with Crippen LogP contribution < -0.4 is 16.1 Å². The number of benzene rings is 3. The van der Waals surface area contributed by atoms with Crippen molar-refractivity contribution < 1.29 is 18.0 Å². The molecule has 31 heavy (non-hydrogen) atoms. The van der Waals surface area contributed by atoms with Crippen molar-refractivity contribution in [1.82, 2.24) is 0 Å². The number of hydrazone groups is 1. The zero-order chi connectivity index (χ0) is 22.4. The van der Waals surface area contributed by atoms with Crippen LogP contribution in [0.2, 0.25) is 5.02 Å². The number of amides is 2. The highest BCUT2D eigenvalue weighted by Gasteiger charge is 2.29. The van der Waals surface area contributed by atoms with Crippen LogP contribution in [0.1, 0.15) is 18.1 Å². The summed E-state index contributed by atoms with van der Waals surface area (Å²) in [6.45, 7) is 1.76. The second-order valence-electron chi connectivity index (χ2n) is 6.55. The molecule has 0 radical (unpaired) electrons. The van der Waals surface area contributed by atoms with Gasteiger partial charge >= 0.3 is 12.2 Å². The molecule has 0 aromatic heterocycles. The summed E-state index contributed by atoms with van der Waals surface area (Å²) in [6.07, 6.45) is -4.38. The van der Waals surface area contributed by atoms with E-state index < -0.39 is 17.8 Å². The van der Waals surface area contributed by atoms with E-state index in [4.69, 9.17) is 11.6 Å². The molecule has 0 saturated carbocycles. The van der Waals surface area contributed by atoms with Gasteiger partial charge in [-0.15, -0.1) is 0 Å². The monoisotopic (exact) mass is 446 g/mol. The van der Waals surface area contributed by atoms with E-state index in [2.05, 4.69) is 21.2 Å². The van der Waals surface area contributed by atoms with Crippen LogP contribution in [0.3, 0.4) is 0 Å². The lowest BCUT2D eigenvalue weighted by Gasteiger charge is -2.09. The number of urea groups is 1. The number of carbonyl (C=O) groups is 1. The normalized spacial score (nSPS) is 11.7. The first-order valence-electron chi connectivity index (χ1n) is 9.12. The Bertz CT molecular complexity index is 1060. The Morgan fingerprint density at radius 2 is 1.29 bits per heavy atom. The molecule has 0 fully saturated rings. The lowest BCUT2D eigenvalue weighted by atomic mass is 10.1. The molecule has 3 aromatic rings. The molecule has 0 aliphatic rings. The fourth-order valence-electron chi connectivity index (χ4n) is 2.57. The number of nitrogens with one attached hydrogen (secondary N) is 3. The molecule has 0 spiro atoms. The number of nitrogens with zero attached hydrogens (tertiary/aromatic N) is 1. The van der Waals surface area contributed by atoms with Crippen molar-refractivity contribution in [3.63, 3.8) is 0 Å².